The predicted molar refractivity (Wildman–Crippen MR) is 74.7 cm³/mol. The van der Waals surface area contributed by atoms with Crippen LogP contribution in [0.15, 0.2) is 30.3 Å². The second kappa shape index (κ2) is 6.10. The van der Waals surface area contributed by atoms with Gasteiger partial charge in [-0.1, -0.05) is 0 Å². The maximum absolute atomic E-state index is 13.9. The van der Waals surface area contributed by atoms with Crippen LogP contribution in [0.5, 0.6) is 11.5 Å². The number of aliphatic hydroxyl groups excluding tert-OH is 1. The van der Waals surface area contributed by atoms with Crippen LogP contribution in [0.2, 0.25) is 0 Å². The highest BCUT2D eigenvalue weighted by molar-refractivity contribution is 5.45. The maximum atomic E-state index is 13.9. The van der Waals surface area contributed by atoms with E-state index in [0.717, 1.165) is 6.07 Å². The Morgan fingerprint density at radius 3 is 2.29 bits per heavy atom. The minimum Gasteiger partial charge on any atom is -0.497 e. The van der Waals surface area contributed by atoms with E-state index in [1.165, 1.54) is 27.2 Å². The van der Waals surface area contributed by atoms with Crippen LogP contribution in [0, 0.1) is 18.6 Å². The van der Waals surface area contributed by atoms with Crippen molar-refractivity contribution >= 4 is 0 Å². The van der Waals surface area contributed by atoms with Crippen LogP contribution in [-0.4, -0.2) is 19.3 Å². The summed E-state index contributed by atoms with van der Waals surface area (Å²) >= 11 is 0. The van der Waals surface area contributed by atoms with E-state index in [0.29, 0.717) is 17.1 Å². The molecular formula is C16H16F2O3. The van der Waals surface area contributed by atoms with E-state index in [-0.39, 0.29) is 11.1 Å². The summed E-state index contributed by atoms with van der Waals surface area (Å²) < 4.78 is 37.5. The first-order valence-corrected chi connectivity index (χ1v) is 6.33. The fourth-order valence-corrected chi connectivity index (χ4v) is 2.11. The van der Waals surface area contributed by atoms with E-state index < -0.39 is 17.7 Å². The molecule has 112 valence electrons. The summed E-state index contributed by atoms with van der Waals surface area (Å²) in [5.74, 6) is -0.565. The molecule has 0 aromatic heterocycles. The number of halogens is 2. The lowest BCUT2D eigenvalue weighted by atomic mass is 9.98. The van der Waals surface area contributed by atoms with Crippen molar-refractivity contribution < 1.29 is 23.4 Å². The number of aliphatic hydroxyl groups is 1. The van der Waals surface area contributed by atoms with Crippen molar-refractivity contribution in [2.45, 2.75) is 13.0 Å². The first kappa shape index (κ1) is 15.3. The molecule has 0 saturated heterocycles. The molecule has 0 radical (unpaired) electrons. The topological polar surface area (TPSA) is 38.7 Å². The van der Waals surface area contributed by atoms with Gasteiger partial charge in [-0.25, -0.2) is 8.78 Å². The fourth-order valence-electron chi connectivity index (χ4n) is 2.11. The second-order valence-electron chi connectivity index (χ2n) is 4.63. The van der Waals surface area contributed by atoms with E-state index in [4.69, 9.17) is 9.47 Å². The highest BCUT2D eigenvalue weighted by Crippen LogP contribution is 2.34. The molecule has 0 amide bonds. The van der Waals surface area contributed by atoms with Crippen LogP contribution in [0.4, 0.5) is 8.78 Å². The summed E-state index contributed by atoms with van der Waals surface area (Å²) in [6, 6.07) is 6.89. The van der Waals surface area contributed by atoms with Gasteiger partial charge in [-0.3, -0.25) is 0 Å². The van der Waals surface area contributed by atoms with Crippen molar-refractivity contribution in [1.82, 2.24) is 0 Å². The Bertz CT molecular complexity index is 656. The Balaban J connectivity index is 2.53. The Hall–Kier alpha value is -2.14. The van der Waals surface area contributed by atoms with Crippen molar-refractivity contribution in [3.05, 3.63) is 58.7 Å². The van der Waals surface area contributed by atoms with Crippen molar-refractivity contribution in [3.63, 3.8) is 0 Å². The van der Waals surface area contributed by atoms with Crippen molar-refractivity contribution in [2.24, 2.45) is 0 Å². The largest absolute Gasteiger partial charge is 0.497 e. The van der Waals surface area contributed by atoms with Crippen molar-refractivity contribution in [2.75, 3.05) is 14.2 Å². The summed E-state index contributed by atoms with van der Waals surface area (Å²) in [5, 5.41) is 10.4. The Morgan fingerprint density at radius 1 is 0.952 bits per heavy atom. The third-order valence-electron chi connectivity index (χ3n) is 3.30. The molecule has 21 heavy (non-hydrogen) atoms. The molecule has 1 atom stereocenters. The van der Waals surface area contributed by atoms with E-state index in [1.807, 2.05) is 0 Å². The highest BCUT2D eigenvalue weighted by Gasteiger charge is 2.21. The Labute approximate surface area is 121 Å². The lowest BCUT2D eigenvalue weighted by Crippen LogP contribution is -2.06. The molecule has 2 rings (SSSR count). The van der Waals surface area contributed by atoms with Crippen molar-refractivity contribution in [1.29, 1.82) is 0 Å². The molecule has 0 saturated carbocycles. The molecule has 2 aromatic carbocycles. The average Bonchev–Trinajstić information content (AvgIpc) is 2.49. The van der Waals surface area contributed by atoms with Gasteiger partial charge in [0.2, 0.25) is 0 Å². The SMILES string of the molecule is COc1ccc(OC)c(C(O)c2cc(C)c(F)cc2F)c1. The smallest absolute Gasteiger partial charge is 0.132 e. The van der Waals surface area contributed by atoms with Gasteiger partial charge in [0.1, 0.15) is 29.2 Å². The van der Waals surface area contributed by atoms with Crippen molar-refractivity contribution in [3.8, 4) is 11.5 Å². The van der Waals surface area contributed by atoms with Gasteiger partial charge < -0.3 is 14.6 Å². The zero-order valence-electron chi connectivity index (χ0n) is 12.0. The van der Waals surface area contributed by atoms with Crippen LogP contribution in [-0.2, 0) is 0 Å². The van der Waals surface area contributed by atoms with Crippen LogP contribution >= 0.6 is 0 Å². The number of methoxy groups -OCH3 is 2. The van der Waals surface area contributed by atoms with E-state index >= 15 is 0 Å². The Kier molecular flexibility index (Phi) is 4.43. The molecule has 1 N–H and O–H groups in total. The van der Waals surface area contributed by atoms with Gasteiger partial charge in [-0.15, -0.1) is 0 Å². The van der Waals surface area contributed by atoms with E-state index in [2.05, 4.69) is 0 Å². The standard InChI is InChI=1S/C16H16F2O3/c1-9-6-11(14(18)8-13(9)17)16(19)12-7-10(20-2)4-5-15(12)21-3/h4-8,16,19H,1-3H3. The summed E-state index contributed by atoms with van der Waals surface area (Å²) in [7, 11) is 2.94. The first-order valence-electron chi connectivity index (χ1n) is 6.33. The zero-order chi connectivity index (χ0) is 15.6. The summed E-state index contributed by atoms with van der Waals surface area (Å²) in [5.41, 5.74) is 0.592. The third kappa shape index (κ3) is 2.97. The molecule has 0 aliphatic rings. The lowest BCUT2D eigenvalue weighted by molar-refractivity contribution is 0.208. The van der Waals surface area contributed by atoms with Crippen LogP contribution in [0.25, 0.3) is 0 Å². The number of ether oxygens (including phenoxy) is 2. The van der Waals surface area contributed by atoms with Crippen LogP contribution in [0.3, 0.4) is 0 Å². The summed E-state index contributed by atoms with van der Waals surface area (Å²) in [6.07, 6.45) is -1.28. The number of benzene rings is 2. The molecule has 0 heterocycles. The van der Waals surface area contributed by atoms with Gasteiger partial charge >= 0.3 is 0 Å². The minimum absolute atomic E-state index is 0.0135. The second-order valence-corrected chi connectivity index (χ2v) is 4.63. The third-order valence-corrected chi connectivity index (χ3v) is 3.30. The number of hydrogen-bond donors (Lipinski definition) is 1. The molecule has 2 aromatic rings. The van der Waals surface area contributed by atoms with Crippen LogP contribution in [0.1, 0.15) is 22.8 Å². The quantitative estimate of drug-likeness (QED) is 0.939. The molecule has 0 aliphatic heterocycles. The normalized spacial score (nSPS) is 12.1. The fraction of sp³-hybridized carbons (Fsp3) is 0.250. The summed E-state index contributed by atoms with van der Waals surface area (Å²) in [4.78, 5) is 0. The number of rotatable bonds is 4. The maximum Gasteiger partial charge on any atom is 0.132 e. The van der Waals surface area contributed by atoms with Gasteiger partial charge in [0.05, 0.1) is 14.2 Å². The molecule has 0 bridgehead atoms. The van der Waals surface area contributed by atoms with Crippen LogP contribution < -0.4 is 9.47 Å². The van der Waals surface area contributed by atoms with E-state index in [9.17, 15) is 13.9 Å². The molecule has 0 fully saturated rings. The van der Waals surface area contributed by atoms with Gasteiger partial charge in [0.25, 0.3) is 0 Å². The monoisotopic (exact) mass is 294 g/mol. The number of hydrogen-bond acceptors (Lipinski definition) is 3. The number of aryl methyl sites for hydroxylation is 1. The van der Waals surface area contributed by atoms with E-state index in [1.54, 1.807) is 18.2 Å². The van der Waals surface area contributed by atoms with Gasteiger partial charge in [-0.2, -0.15) is 0 Å². The molecule has 0 aliphatic carbocycles. The summed E-state index contributed by atoms with van der Waals surface area (Å²) in [6.45, 7) is 1.51. The predicted octanol–water partition coefficient (Wildman–Crippen LogP) is 3.37. The molecule has 0 spiro atoms. The molecular weight excluding hydrogens is 278 g/mol. The molecule has 5 heteroatoms. The Morgan fingerprint density at radius 2 is 1.67 bits per heavy atom. The first-order chi connectivity index (χ1) is 9.97. The zero-order valence-corrected chi connectivity index (χ0v) is 12.0. The lowest BCUT2D eigenvalue weighted by Gasteiger charge is -2.17. The highest BCUT2D eigenvalue weighted by atomic mass is 19.1. The van der Waals surface area contributed by atoms with Gasteiger partial charge in [0.15, 0.2) is 0 Å². The van der Waals surface area contributed by atoms with Gasteiger partial charge in [-0.05, 0) is 36.8 Å². The molecule has 3 nitrogen and oxygen atoms in total. The average molecular weight is 294 g/mol. The minimum atomic E-state index is -1.28. The molecule has 1 unspecified atom stereocenters. The van der Waals surface area contributed by atoms with Gasteiger partial charge in [0, 0.05) is 17.2 Å².